The fraction of sp³-hybridized carbons (Fsp3) is 0.278. The third kappa shape index (κ3) is 4.83. The van der Waals surface area contributed by atoms with Gasteiger partial charge < -0.3 is 10.4 Å². The molecule has 134 valence electrons. The van der Waals surface area contributed by atoms with Gasteiger partial charge in [-0.05, 0) is 23.6 Å². The highest BCUT2D eigenvalue weighted by Crippen LogP contribution is 2.38. The summed E-state index contributed by atoms with van der Waals surface area (Å²) < 4.78 is 40.8. The second kappa shape index (κ2) is 8.01. The molecule has 0 aliphatic rings. The first-order valence-electron chi connectivity index (χ1n) is 7.59. The normalized spacial score (nSPS) is 14.0. The van der Waals surface area contributed by atoms with Gasteiger partial charge in [-0.2, -0.15) is 13.2 Å². The Morgan fingerprint density at radius 2 is 1.64 bits per heavy atom. The van der Waals surface area contributed by atoms with Crippen molar-refractivity contribution in [1.29, 1.82) is 0 Å². The number of halogens is 4. The Morgan fingerprint density at radius 3 is 2.24 bits per heavy atom. The fourth-order valence-corrected chi connectivity index (χ4v) is 2.83. The number of hydrogen-bond donors (Lipinski definition) is 2. The smallest absolute Gasteiger partial charge is 0.375 e. The molecule has 0 aliphatic carbocycles. The largest absolute Gasteiger partial charge is 0.423 e. The van der Waals surface area contributed by atoms with Crippen molar-refractivity contribution in [3.63, 3.8) is 0 Å². The van der Waals surface area contributed by atoms with E-state index in [0.29, 0.717) is 6.42 Å². The third-order valence-electron chi connectivity index (χ3n) is 3.84. The predicted molar refractivity (Wildman–Crippen MR) is 91.9 cm³/mol. The number of amides is 1. The molecule has 2 rings (SSSR count). The average Bonchev–Trinajstić information content (AvgIpc) is 2.58. The molecular formula is C18H17BrF3NO2. The van der Waals surface area contributed by atoms with Gasteiger partial charge in [-0.3, -0.25) is 4.79 Å². The van der Waals surface area contributed by atoms with Gasteiger partial charge >= 0.3 is 6.18 Å². The maximum atomic E-state index is 13.3. The first kappa shape index (κ1) is 19.5. The molecule has 0 saturated heterocycles. The van der Waals surface area contributed by atoms with Crippen LogP contribution in [0.4, 0.5) is 13.2 Å². The standard InChI is InChI=1S/C18H17BrF3NO2/c19-15-9-5-4-6-13(15)10-11-16(24)23-12-17(25,18(20,21)22)14-7-2-1-3-8-14/h1-9,25H,10-12H2,(H,23,24). The van der Waals surface area contributed by atoms with E-state index in [1.165, 1.54) is 24.3 Å². The molecule has 0 bridgehead atoms. The molecule has 2 N–H and O–H groups in total. The number of aryl methyl sites for hydroxylation is 1. The van der Waals surface area contributed by atoms with Crippen LogP contribution < -0.4 is 5.32 Å². The van der Waals surface area contributed by atoms with E-state index in [1.807, 2.05) is 24.3 Å². The van der Waals surface area contributed by atoms with E-state index in [-0.39, 0.29) is 12.0 Å². The number of rotatable bonds is 6. The fourth-order valence-electron chi connectivity index (χ4n) is 2.34. The van der Waals surface area contributed by atoms with E-state index in [0.717, 1.165) is 10.0 Å². The Balaban J connectivity index is 2.01. The van der Waals surface area contributed by atoms with Crippen LogP contribution in [0.5, 0.6) is 0 Å². The Morgan fingerprint density at radius 1 is 1.04 bits per heavy atom. The van der Waals surface area contributed by atoms with E-state index in [4.69, 9.17) is 0 Å². The van der Waals surface area contributed by atoms with E-state index in [1.54, 1.807) is 6.07 Å². The SMILES string of the molecule is O=C(CCc1ccccc1Br)NCC(O)(c1ccccc1)C(F)(F)F. The van der Waals surface area contributed by atoms with Gasteiger partial charge in [-0.1, -0.05) is 64.5 Å². The van der Waals surface area contributed by atoms with Gasteiger partial charge in [0.2, 0.25) is 11.5 Å². The summed E-state index contributed by atoms with van der Waals surface area (Å²) in [4.78, 5) is 11.9. The van der Waals surface area contributed by atoms with E-state index in [2.05, 4.69) is 21.2 Å². The molecule has 7 heteroatoms. The predicted octanol–water partition coefficient (Wildman–Crippen LogP) is 3.95. The van der Waals surface area contributed by atoms with Crippen LogP contribution in [0, 0.1) is 0 Å². The Bertz CT molecular complexity index is 722. The van der Waals surface area contributed by atoms with Crippen LogP contribution in [0.3, 0.4) is 0 Å². The van der Waals surface area contributed by atoms with Gasteiger partial charge in [0.25, 0.3) is 0 Å². The van der Waals surface area contributed by atoms with Gasteiger partial charge in [0.1, 0.15) is 0 Å². The quantitative estimate of drug-likeness (QED) is 0.750. The monoisotopic (exact) mass is 415 g/mol. The minimum atomic E-state index is -4.91. The lowest BCUT2D eigenvalue weighted by Gasteiger charge is -2.31. The van der Waals surface area contributed by atoms with Gasteiger partial charge in [0.15, 0.2) is 0 Å². The summed E-state index contributed by atoms with van der Waals surface area (Å²) in [6.07, 6.45) is -4.52. The van der Waals surface area contributed by atoms with Crippen LogP contribution in [-0.4, -0.2) is 23.7 Å². The summed E-state index contributed by atoms with van der Waals surface area (Å²) in [6, 6.07) is 14.0. The Hall–Kier alpha value is -1.86. The average molecular weight is 416 g/mol. The van der Waals surface area contributed by atoms with Gasteiger partial charge in [-0.15, -0.1) is 0 Å². The van der Waals surface area contributed by atoms with Crippen molar-refractivity contribution in [2.75, 3.05) is 6.54 Å². The van der Waals surface area contributed by atoms with Gasteiger partial charge in [0, 0.05) is 10.9 Å². The third-order valence-corrected chi connectivity index (χ3v) is 4.61. The number of aliphatic hydroxyl groups is 1. The maximum absolute atomic E-state index is 13.3. The first-order chi connectivity index (χ1) is 11.7. The van der Waals surface area contributed by atoms with Crippen LogP contribution in [0.25, 0.3) is 0 Å². The Labute approximate surface area is 152 Å². The second-order valence-corrected chi connectivity index (χ2v) is 6.45. The van der Waals surface area contributed by atoms with Crippen molar-refractivity contribution in [2.45, 2.75) is 24.6 Å². The van der Waals surface area contributed by atoms with E-state index >= 15 is 0 Å². The topological polar surface area (TPSA) is 49.3 Å². The van der Waals surface area contributed by atoms with Crippen LogP contribution in [0.2, 0.25) is 0 Å². The molecular weight excluding hydrogens is 399 g/mol. The van der Waals surface area contributed by atoms with Crippen molar-refractivity contribution in [3.8, 4) is 0 Å². The van der Waals surface area contributed by atoms with Crippen LogP contribution in [-0.2, 0) is 16.8 Å². The molecule has 2 aromatic carbocycles. The number of alkyl halides is 3. The molecule has 2 aromatic rings. The minimum Gasteiger partial charge on any atom is -0.375 e. The molecule has 0 heterocycles. The zero-order valence-electron chi connectivity index (χ0n) is 13.2. The zero-order chi connectivity index (χ0) is 18.5. The molecule has 1 unspecified atom stereocenters. The molecule has 0 saturated carbocycles. The number of hydrogen-bond acceptors (Lipinski definition) is 2. The molecule has 0 aliphatic heterocycles. The van der Waals surface area contributed by atoms with E-state index in [9.17, 15) is 23.1 Å². The molecule has 3 nitrogen and oxygen atoms in total. The van der Waals surface area contributed by atoms with Crippen molar-refractivity contribution in [3.05, 3.63) is 70.2 Å². The van der Waals surface area contributed by atoms with Gasteiger partial charge in [0.05, 0.1) is 6.54 Å². The van der Waals surface area contributed by atoms with Crippen molar-refractivity contribution < 1.29 is 23.1 Å². The summed E-state index contributed by atoms with van der Waals surface area (Å²) in [7, 11) is 0. The van der Waals surface area contributed by atoms with Crippen LogP contribution in [0.1, 0.15) is 17.5 Å². The van der Waals surface area contributed by atoms with Crippen LogP contribution >= 0.6 is 15.9 Å². The van der Waals surface area contributed by atoms with Crippen molar-refractivity contribution in [1.82, 2.24) is 5.32 Å². The molecule has 0 spiro atoms. The number of benzene rings is 2. The summed E-state index contributed by atoms with van der Waals surface area (Å²) >= 11 is 3.35. The summed E-state index contributed by atoms with van der Waals surface area (Å²) in [5.74, 6) is -0.561. The number of nitrogens with one attached hydrogen (secondary N) is 1. The molecule has 25 heavy (non-hydrogen) atoms. The number of carbonyl (C=O) groups is 1. The van der Waals surface area contributed by atoms with Crippen LogP contribution in [0.15, 0.2) is 59.1 Å². The maximum Gasteiger partial charge on any atom is 0.423 e. The Kier molecular flexibility index (Phi) is 6.24. The lowest BCUT2D eigenvalue weighted by Crippen LogP contribution is -2.51. The highest BCUT2D eigenvalue weighted by Gasteiger charge is 2.55. The van der Waals surface area contributed by atoms with Crippen molar-refractivity contribution >= 4 is 21.8 Å². The summed E-state index contributed by atoms with van der Waals surface area (Å²) in [5.41, 5.74) is -2.56. The lowest BCUT2D eigenvalue weighted by molar-refractivity contribution is -0.264. The summed E-state index contributed by atoms with van der Waals surface area (Å²) in [6.45, 7) is -0.935. The summed E-state index contributed by atoms with van der Waals surface area (Å²) in [5, 5.41) is 12.3. The van der Waals surface area contributed by atoms with Gasteiger partial charge in [-0.25, -0.2) is 0 Å². The zero-order valence-corrected chi connectivity index (χ0v) is 14.8. The number of carbonyl (C=O) groups excluding carboxylic acids is 1. The van der Waals surface area contributed by atoms with E-state index < -0.39 is 24.2 Å². The highest BCUT2D eigenvalue weighted by atomic mass is 79.9. The first-order valence-corrected chi connectivity index (χ1v) is 8.38. The minimum absolute atomic E-state index is 0.0192. The highest BCUT2D eigenvalue weighted by molar-refractivity contribution is 9.10. The molecule has 0 radical (unpaired) electrons. The lowest BCUT2D eigenvalue weighted by atomic mass is 9.93. The van der Waals surface area contributed by atoms with Crippen molar-refractivity contribution in [2.24, 2.45) is 0 Å². The molecule has 1 amide bonds. The molecule has 1 atom stereocenters. The molecule has 0 fully saturated rings. The molecule has 0 aromatic heterocycles. The second-order valence-electron chi connectivity index (χ2n) is 5.59.